The zero-order valence-corrected chi connectivity index (χ0v) is 11.5. The number of hydrogen-bond donors (Lipinski definition) is 1. The van der Waals surface area contributed by atoms with Crippen molar-refractivity contribution < 1.29 is 0 Å². The first-order chi connectivity index (χ1) is 9.38. The topological polar surface area (TPSA) is 28.2 Å². The normalized spacial score (nSPS) is 18.6. The van der Waals surface area contributed by atoms with Crippen molar-refractivity contribution in [1.82, 2.24) is 15.2 Å². The van der Waals surface area contributed by atoms with E-state index in [1.807, 2.05) is 12.4 Å². The lowest BCUT2D eigenvalue weighted by molar-refractivity contribution is 0.169. The van der Waals surface area contributed by atoms with Gasteiger partial charge in [0.15, 0.2) is 0 Å². The van der Waals surface area contributed by atoms with E-state index in [2.05, 4.69) is 46.4 Å². The van der Waals surface area contributed by atoms with E-state index in [0.717, 1.165) is 32.6 Å². The van der Waals surface area contributed by atoms with Crippen LogP contribution < -0.4 is 5.32 Å². The summed E-state index contributed by atoms with van der Waals surface area (Å²) < 4.78 is 0. The molecule has 1 aromatic heterocycles. The van der Waals surface area contributed by atoms with Crippen molar-refractivity contribution in [3.63, 3.8) is 0 Å². The Balaban J connectivity index is 1.91. The molecule has 1 aliphatic heterocycles. The molecule has 1 aromatic carbocycles. The molecule has 0 amide bonds. The molecule has 0 bridgehead atoms. The van der Waals surface area contributed by atoms with Crippen LogP contribution in [0.5, 0.6) is 0 Å². The summed E-state index contributed by atoms with van der Waals surface area (Å²) in [7, 11) is 0. The standard InChI is InChI=1S/C16H21N3/c1-2-16(19-9-7-17-8-10-19)14-3-4-15-12-18-6-5-13(15)11-14/h3-6,11-12,16-17H,2,7-10H2,1H3. The third kappa shape index (κ3) is 2.62. The summed E-state index contributed by atoms with van der Waals surface area (Å²) in [6, 6.07) is 9.43. The number of rotatable bonds is 3. The fourth-order valence-corrected chi connectivity index (χ4v) is 3.01. The van der Waals surface area contributed by atoms with Crippen molar-refractivity contribution in [3.05, 3.63) is 42.2 Å². The molecule has 3 nitrogen and oxygen atoms in total. The molecule has 3 heteroatoms. The number of pyridine rings is 1. The molecule has 1 fully saturated rings. The highest BCUT2D eigenvalue weighted by Gasteiger charge is 2.20. The van der Waals surface area contributed by atoms with Gasteiger partial charge in [-0.3, -0.25) is 9.88 Å². The van der Waals surface area contributed by atoms with Crippen molar-refractivity contribution in [3.8, 4) is 0 Å². The zero-order chi connectivity index (χ0) is 13.1. The quantitative estimate of drug-likeness (QED) is 0.913. The van der Waals surface area contributed by atoms with E-state index in [-0.39, 0.29) is 0 Å². The Hall–Kier alpha value is -1.45. The number of hydrogen-bond acceptors (Lipinski definition) is 3. The maximum absolute atomic E-state index is 4.18. The molecule has 3 rings (SSSR count). The van der Waals surface area contributed by atoms with Gasteiger partial charge in [0.25, 0.3) is 0 Å². The molecule has 100 valence electrons. The molecule has 1 unspecified atom stereocenters. The molecule has 0 saturated carbocycles. The number of piperazine rings is 1. The van der Waals surface area contributed by atoms with Gasteiger partial charge in [-0.15, -0.1) is 0 Å². The molecule has 1 aliphatic rings. The van der Waals surface area contributed by atoms with Crippen LogP contribution in [0, 0.1) is 0 Å². The molecule has 0 radical (unpaired) electrons. The van der Waals surface area contributed by atoms with Gasteiger partial charge < -0.3 is 5.32 Å². The molecule has 1 saturated heterocycles. The van der Waals surface area contributed by atoms with Crippen molar-refractivity contribution in [2.45, 2.75) is 19.4 Å². The minimum atomic E-state index is 0.541. The first-order valence-corrected chi connectivity index (χ1v) is 7.17. The smallest absolute Gasteiger partial charge is 0.0346 e. The van der Waals surface area contributed by atoms with E-state index in [4.69, 9.17) is 0 Å². The van der Waals surface area contributed by atoms with Crippen molar-refractivity contribution >= 4 is 10.8 Å². The van der Waals surface area contributed by atoms with E-state index in [9.17, 15) is 0 Å². The van der Waals surface area contributed by atoms with E-state index in [1.165, 1.54) is 16.3 Å². The van der Waals surface area contributed by atoms with Crippen LogP contribution in [0.15, 0.2) is 36.7 Å². The van der Waals surface area contributed by atoms with Crippen LogP contribution in [0.25, 0.3) is 10.8 Å². The maximum Gasteiger partial charge on any atom is 0.0346 e. The SMILES string of the molecule is CCC(c1ccc2cnccc2c1)N1CCNCC1. The first kappa shape index (κ1) is 12.6. The molecule has 1 N–H and O–H groups in total. The minimum absolute atomic E-state index is 0.541. The number of aromatic nitrogens is 1. The Labute approximate surface area is 114 Å². The van der Waals surface area contributed by atoms with Crippen molar-refractivity contribution in [2.75, 3.05) is 26.2 Å². The summed E-state index contributed by atoms with van der Waals surface area (Å²) in [5.41, 5.74) is 1.43. The second-order valence-corrected chi connectivity index (χ2v) is 5.19. The Bertz CT molecular complexity index is 546. The summed E-state index contributed by atoms with van der Waals surface area (Å²) in [4.78, 5) is 6.77. The largest absolute Gasteiger partial charge is 0.314 e. The Morgan fingerprint density at radius 1 is 1.21 bits per heavy atom. The van der Waals surface area contributed by atoms with Gasteiger partial charge in [-0.05, 0) is 29.5 Å². The molecular weight excluding hydrogens is 234 g/mol. The maximum atomic E-state index is 4.18. The van der Waals surface area contributed by atoms with Crippen LogP contribution >= 0.6 is 0 Å². The number of nitrogens with zero attached hydrogens (tertiary/aromatic N) is 2. The van der Waals surface area contributed by atoms with E-state index >= 15 is 0 Å². The van der Waals surface area contributed by atoms with E-state index in [0.29, 0.717) is 6.04 Å². The number of fused-ring (bicyclic) bond motifs is 1. The summed E-state index contributed by atoms with van der Waals surface area (Å²) in [5, 5.41) is 5.94. The lowest BCUT2D eigenvalue weighted by Gasteiger charge is -2.34. The third-order valence-electron chi connectivity index (χ3n) is 4.03. The number of nitrogens with one attached hydrogen (secondary N) is 1. The Morgan fingerprint density at radius 2 is 2.05 bits per heavy atom. The van der Waals surface area contributed by atoms with E-state index in [1.54, 1.807) is 0 Å². The van der Waals surface area contributed by atoms with E-state index < -0.39 is 0 Å². The van der Waals surface area contributed by atoms with Gasteiger partial charge in [0.1, 0.15) is 0 Å². The summed E-state index contributed by atoms with van der Waals surface area (Å²) in [6.45, 7) is 6.78. The van der Waals surface area contributed by atoms with Crippen LogP contribution in [-0.4, -0.2) is 36.1 Å². The zero-order valence-electron chi connectivity index (χ0n) is 11.5. The lowest BCUT2D eigenvalue weighted by Crippen LogP contribution is -2.45. The monoisotopic (exact) mass is 255 g/mol. The van der Waals surface area contributed by atoms with Gasteiger partial charge >= 0.3 is 0 Å². The van der Waals surface area contributed by atoms with Gasteiger partial charge in [0.05, 0.1) is 0 Å². The van der Waals surface area contributed by atoms with Crippen LogP contribution in [0.1, 0.15) is 24.9 Å². The number of benzene rings is 1. The van der Waals surface area contributed by atoms with Gasteiger partial charge in [0, 0.05) is 50.0 Å². The van der Waals surface area contributed by atoms with Crippen LogP contribution in [0.2, 0.25) is 0 Å². The van der Waals surface area contributed by atoms with Crippen LogP contribution in [0.3, 0.4) is 0 Å². The predicted octanol–water partition coefficient (Wildman–Crippen LogP) is 2.59. The molecule has 0 spiro atoms. The summed E-state index contributed by atoms with van der Waals surface area (Å²) in [6.07, 6.45) is 4.97. The Kier molecular flexibility index (Phi) is 3.76. The highest BCUT2D eigenvalue weighted by Crippen LogP contribution is 2.27. The highest BCUT2D eigenvalue weighted by atomic mass is 15.2. The molecule has 19 heavy (non-hydrogen) atoms. The predicted molar refractivity (Wildman–Crippen MR) is 79.2 cm³/mol. The first-order valence-electron chi connectivity index (χ1n) is 7.17. The summed E-state index contributed by atoms with van der Waals surface area (Å²) >= 11 is 0. The second kappa shape index (κ2) is 5.68. The summed E-state index contributed by atoms with van der Waals surface area (Å²) in [5.74, 6) is 0. The molecule has 1 atom stereocenters. The van der Waals surface area contributed by atoms with Gasteiger partial charge in [-0.1, -0.05) is 19.1 Å². The molecule has 2 heterocycles. The molecule has 0 aliphatic carbocycles. The fraction of sp³-hybridized carbons (Fsp3) is 0.438. The van der Waals surface area contributed by atoms with Crippen molar-refractivity contribution in [2.24, 2.45) is 0 Å². The van der Waals surface area contributed by atoms with Gasteiger partial charge in [-0.2, -0.15) is 0 Å². The molecular formula is C16H21N3. The fourth-order valence-electron chi connectivity index (χ4n) is 3.01. The van der Waals surface area contributed by atoms with Gasteiger partial charge in [-0.25, -0.2) is 0 Å². The van der Waals surface area contributed by atoms with Crippen LogP contribution in [0.4, 0.5) is 0 Å². The lowest BCUT2D eigenvalue weighted by atomic mass is 9.99. The average molecular weight is 255 g/mol. The average Bonchev–Trinajstić information content (AvgIpc) is 2.49. The Morgan fingerprint density at radius 3 is 2.84 bits per heavy atom. The van der Waals surface area contributed by atoms with Gasteiger partial charge in [0.2, 0.25) is 0 Å². The van der Waals surface area contributed by atoms with Crippen molar-refractivity contribution in [1.29, 1.82) is 0 Å². The van der Waals surface area contributed by atoms with Crippen LogP contribution in [-0.2, 0) is 0 Å². The molecule has 2 aromatic rings. The highest BCUT2D eigenvalue weighted by molar-refractivity contribution is 5.82. The minimum Gasteiger partial charge on any atom is -0.314 e. The third-order valence-corrected chi connectivity index (χ3v) is 4.03. The second-order valence-electron chi connectivity index (χ2n) is 5.19.